The van der Waals surface area contributed by atoms with Gasteiger partial charge in [-0.25, -0.2) is 9.97 Å². The topological polar surface area (TPSA) is 70.2 Å². The van der Waals surface area contributed by atoms with Gasteiger partial charge in [-0.2, -0.15) is 0 Å². The van der Waals surface area contributed by atoms with E-state index in [0.717, 1.165) is 56.0 Å². The number of pyridine rings is 1. The van der Waals surface area contributed by atoms with Crippen molar-refractivity contribution in [3.05, 3.63) is 126 Å². The number of rotatable bonds is 1. The molecule has 7 rings (SSSR count). The van der Waals surface area contributed by atoms with Crippen LogP contribution in [0.5, 0.6) is 0 Å². The minimum atomic E-state index is 0.922. The third-order valence-electron chi connectivity index (χ3n) is 6.13. The molecule has 1 aromatic carbocycles. The van der Waals surface area contributed by atoms with Gasteiger partial charge in [0.15, 0.2) is 0 Å². The van der Waals surface area contributed by atoms with Gasteiger partial charge in [0.25, 0.3) is 0 Å². The molecule has 0 aliphatic carbocycles. The highest BCUT2D eigenvalue weighted by Crippen LogP contribution is 2.29. The van der Waals surface area contributed by atoms with Crippen LogP contribution >= 0.6 is 0 Å². The quantitative estimate of drug-likeness (QED) is 0.253. The van der Waals surface area contributed by atoms with Crippen molar-refractivity contribution in [2.45, 2.75) is 6.92 Å². The zero-order valence-corrected chi connectivity index (χ0v) is 20.4. The second kappa shape index (κ2) is 9.91. The molecule has 2 aliphatic heterocycles. The number of aromatic amines is 2. The Hall–Kier alpha value is -5.03. The molecule has 0 amide bonds. The van der Waals surface area contributed by atoms with Crippen molar-refractivity contribution in [2.75, 3.05) is 0 Å². The highest BCUT2D eigenvalue weighted by Gasteiger charge is 2.10. The molecule has 0 spiro atoms. The molecule has 2 aliphatic rings. The van der Waals surface area contributed by atoms with Crippen molar-refractivity contribution in [3.8, 4) is 11.1 Å². The van der Waals surface area contributed by atoms with Gasteiger partial charge in [0.2, 0.25) is 0 Å². The van der Waals surface area contributed by atoms with Crippen LogP contribution in [0.1, 0.15) is 28.3 Å². The van der Waals surface area contributed by atoms with Crippen molar-refractivity contribution in [2.24, 2.45) is 0 Å². The SMILES string of the molecule is C1=Cc2cc3ccc([nH]3)c(-c3ccccc3)c3nc(cc4ccc(cc1n2)[nH]4)C=C3.Cc1ccncc1. The van der Waals surface area contributed by atoms with Crippen molar-refractivity contribution < 1.29 is 0 Å². The lowest BCUT2D eigenvalue weighted by Gasteiger charge is -2.03. The number of nitrogens with zero attached hydrogens (tertiary/aromatic N) is 3. The van der Waals surface area contributed by atoms with E-state index < -0.39 is 0 Å². The van der Waals surface area contributed by atoms with Crippen LogP contribution in [0, 0.1) is 6.92 Å². The standard InChI is InChI=1S/C26H18N4.C6H7N/c1-2-4-17(5-3-1)26-24-12-10-22(29-24)15-20-8-6-18(27-20)14-19-7-9-21(28-19)16-23-11-13-25(26)30-23;1-6-2-4-7-5-3-6/h1-16,27,30H;2-5H,1H3. The summed E-state index contributed by atoms with van der Waals surface area (Å²) in [6.45, 7) is 2.04. The first-order valence-electron chi connectivity index (χ1n) is 12.2. The van der Waals surface area contributed by atoms with Crippen molar-refractivity contribution >= 4 is 46.4 Å². The monoisotopic (exact) mass is 479 g/mol. The fourth-order valence-electron chi connectivity index (χ4n) is 4.34. The molecule has 0 saturated carbocycles. The van der Waals surface area contributed by atoms with Crippen LogP contribution in [0.3, 0.4) is 0 Å². The fourth-order valence-corrected chi connectivity index (χ4v) is 4.34. The molecule has 178 valence electrons. The van der Waals surface area contributed by atoms with E-state index in [9.17, 15) is 0 Å². The number of nitrogens with one attached hydrogen (secondary N) is 2. The summed E-state index contributed by atoms with van der Waals surface area (Å²) in [5, 5.41) is 0. The lowest BCUT2D eigenvalue weighted by Crippen LogP contribution is -1.84. The van der Waals surface area contributed by atoms with E-state index in [1.54, 1.807) is 12.4 Å². The molecule has 0 atom stereocenters. The van der Waals surface area contributed by atoms with Gasteiger partial charge in [-0.1, -0.05) is 30.3 Å². The normalized spacial score (nSPS) is 11.7. The Morgan fingerprint density at radius 3 is 1.81 bits per heavy atom. The van der Waals surface area contributed by atoms with E-state index in [0.29, 0.717) is 0 Å². The highest BCUT2D eigenvalue weighted by atomic mass is 14.8. The molecule has 0 fully saturated rings. The first-order chi connectivity index (χ1) is 18.2. The number of hydrogen-bond acceptors (Lipinski definition) is 3. The molecule has 0 saturated heterocycles. The summed E-state index contributed by atoms with van der Waals surface area (Å²) in [4.78, 5) is 20.4. The van der Waals surface area contributed by atoms with Crippen LogP contribution in [0.15, 0.2) is 97.3 Å². The smallest absolute Gasteiger partial charge is 0.0736 e. The maximum atomic E-state index is 4.91. The molecule has 5 heteroatoms. The lowest BCUT2D eigenvalue weighted by atomic mass is 10.0. The highest BCUT2D eigenvalue weighted by molar-refractivity contribution is 5.91. The van der Waals surface area contributed by atoms with E-state index in [1.165, 1.54) is 5.56 Å². The van der Waals surface area contributed by atoms with E-state index >= 15 is 0 Å². The Morgan fingerprint density at radius 2 is 1.16 bits per heavy atom. The number of benzene rings is 1. The zero-order valence-electron chi connectivity index (χ0n) is 20.4. The second-order valence-corrected chi connectivity index (χ2v) is 8.95. The maximum absolute atomic E-state index is 4.91. The van der Waals surface area contributed by atoms with Gasteiger partial charge in [0, 0.05) is 40.0 Å². The number of H-pyrrole nitrogens is 2. The van der Waals surface area contributed by atoms with Gasteiger partial charge in [-0.15, -0.1) is 0 Å². The third kappa shape index (κ3) is 5.16. The van der Waals surface area contributed by atoms with Crippen LogP contribution < -0.4 is 0 Å². The minimum absolute atomic E-state index is 0.922. The average molecular weight is 480 g/mol. The van der Waals surface area contributed by atoms with Gasteiger partial charge in [-0.05, 0) is 97.0 Å². The molecule has 2 N–H and O–H groups in total. The molecular weight excluding hydrogens is 454 g/mol. The summed E-state index contributed by atoms with van der Waals surface area (Å²) in [7, 11) is 0. The van der Waals surface area contributed by atoms with E-state index in [-0.39, 0.29) is 0 Å². The molecule has 6 heterocycles. The first-order valence-corrected chi connectivity index (χ1v) is 12.2. The molecular formula is C32H25N5. The van der Waals surface area contributed by atoms with Crippen LogP contribution in [-0.4, -0.2) is 24.9 Å². The summed E-state index contributed by atoms with van der Waals surface area (Å²) < 4.78 is 0. The Morgan fingerprint density at radius 1 is 0.568 bits per heavy atom. The molecule has 37 heavy (non-hydrogen) atoms. The summed E-state index contributed by atoms with van der Waals surface area (Å²) in [6.07, 6.45) is 11.8. The Balaban J connectivity index is 0.000000314. The number of hydrogen-bond donors (Lipinski definition) is 2. The van der Waals surface area contributed by atoms with Gasteiger partial charge >= 0.3 is 0 Å². The lowest BCUT2D eigenvalue weighted by molar-refractivity contribution is 1.29. The van der Waals surface area contributed by atoms with E-state index in [1.807, 2.05) is 43.3 Å². The molecule has 0 radical (unpaired) electrons. The Bertz CT molecular complexity index is 1770. The van der Waals surface area contributed by atoms with E-state index in [2.05, 4.69) is 87.8 Å². The molecule has 8 bridgehead atoms. The van der Waals surface area contributed by atoms with Gasteiger partial charge in [0.1, 0.15) is 0 Å². The second-order valence-electron chi connectivity index (χ2n) is 8.95. The predicted octanol–water partition coefficient (Wildman–Crippen LogP) is 7.71. The third-order valence-corrected chi connectivity index (χ3v) is 6.13. The zero-order chi connectivity index (χ0) is 25.0. The number of aromatic nitrogens is 5. The summed E-state index contributed by atoms with van der Waals surface area (Å²) >= 11 is 0. The Kier molecular flexibility index (Phi) is 6.01. The average Bonchev–Trinajstić information content (AvgIpc) is 3.72. The van der Waals surface area contributed by atoms with Crippen LogP contribution in [0.2, 0.25) is 0 Å². The first kappa shape index (κ1) is 22.4. The van der Waals surface area contributed by atoms with Crippen LogP contribution in [-0.2, 0) is 0 Å². The molecule has 5 nitrogen and oxygen atoms in total. The maximum Gasteiger partial charge on any atom is 0.0736 e. The fraction of sp³-hybridized carbons (Fsp3) is 0.0312. The predicted molar refractivity (Wildman–Crippen MR) is 153 cm³/mol. The summed E-state index contributed by atoms with van der Waals surface area (Å²) in [6, 6.07) is 28.8. The van der Waals surface area contributed by atoms with Crippen LogP contribution in [0.4, 0.5) is 0 Å². The van der Waals surface area contributed by atoms with Gasteiger partial charge in [-0.3, -0.25) is 4.98 Å². The van der Waals surface area contributed by atoms with Crippen LogP contribution in [0.25, 0.3) is 57.5 Å². The van der Waals surface area contributed by atoms with Crippen molar-refractivity contribution in [1.29, 1.82) is 0 Å². The van der Waals surface area contributed by atoms with E-state index in [4.69, 9.17) is 9.97 Å². The molecule has 4 aromatic heterocycles. The molecule has 5 aromatic rings. The van der Waals surface area contributed by atoms with Crippen molar-refractivity contribution in [1.82, 2.24) is 24.9 Å². The Labute approximate surface area is 215 Å². The van der Waals surface area contributed by atoms with Crippen molar-refractivity contribution in [3.63, 3.8) is 0 Å². The number of aryl methyl sites for hydroxylation is 1. The minimum Gasteiger partial charge on any atom is -0.355 e. The summed E-state index contributed by atoms with van der Waals surface area (Å²) in [5.41, 5.74) is 11.3. The molecule has 0 unspecified atom stereocenters. The van der Waals surface area contributed by atoms with Gasteiger partial charge < -0.3 is 9.97 Å². The summed E-state index contributed by atoms with van der Waals surface area (Å²) in [5.74, 6) is 0. The largest absolute Gasteiger partial charge is 0.355 e. The number of fused-ring (bicyclic) bond motifs is 8. The van der Waals surface area contributed by atoms with Gasteiger partial charge in [0.05, 0.1) is 22.8 Å².